The zero-order valence-corrected chi connectivity index (χ0v) is 13.6. The number of hydrogen-bond donors (Lipinski definition) is 1. The first-order valence-electron chi connectivity index (χ1n) is 7.68. The summed E-state index contributed by atoms with van der Waals surface area (Å²) in [7, 11) is 0. The van der Waals surface area contributed by atoms with Crippen LogP contribution in [-0.2, 0) is 16.7 Å². The number of carbonyl (C=O) groups is 1. The Morgan fingerprint density at radius 1 is 1.20 bits per heavy atom. The van der Waals surface area contributed by atoms with Gasteiger partial charge in [0.1, 0.15) is 0 Å². The summed E-state index contributed by atoms with van der Waals surface area (Å²) in [5.74, 6) is 0.978. The fourth-order valence-electron chi connectivity index (χ4n) is 2.92. The highest BCUT2D eigenvalue weighted by molar-refractivity contribution is 9.08. The maximum Gasteiger partial charge on any atom is 0.220 e. The van der Waals surface area contributed by atoms with Crippen molar-refractivity contribution in [2.45, 2.75) is 56.8 Å². The summed E-state index contributed by atoms with van der Waals surface area (Å²) in [6, 6.07) is 8.33. The Hall–Kier alpha value is -0.830. The Bertz CT molecular complexity index is 427. The molecular formula is C17H24BrNO. The van der Waals surface area contributed by atoms with Crippen molar-refractivity contribution in [1.82, 2.24) is 5.32 Å². The molecule has 3 heteroatoms. The highest BCUT2D eigenvalue weighted by atomic mass is 79.9. The van der Waals surface area contributed by atoms with Gasteiger partial charge in [-0.05, 0) is 23.5 Å². The van der Waals surface area contributed by atoms with Crippen LogP contribution in [0.3, 0.4) is 0 Å². The lowest BCUT2D eigenvalue weighted by molar-refractivity contribution is -0.121. The van der Waals surface area contributed by atoms with Crippen LogP contribution in [0.4, 0.5) is 0 Å². The van der Waals surface area contributed by atoms with E-state index in [9.17, 15) is 4.79 Å². The van der Waals surface area contributed by atoms with Crippen LogP contribution in [0.2, 0.25) is 0 Å². The van der Waals surface area contributed by atoms with Crippen molar-refractivity contribution >= 4 is 21.8 Å². The summed E-state index contributed by atoms with van der Waals surface area (Å²) in [5.41, 5.74) is 2.42. The van der Waals surface area contributed by atoms with Crippen molar-refractivity contribution in [2.75, 3.05) is 0 Å². The predicted molar refractivity (Wildman–Crippen MR) is 86.7 cm³/mol. The molecule has 0 saturated heterocycles. The van der Waals surface area contributed by atoms with Crippen LogP contribution in [0.5, 0.6) is 0 Å². The van der Waals surface area contributed by atoms with E-state index in [0.717, 1.165) is 17.7 Å². The molecule has 20 heavy (non-hydrogen) atoms. The lowest BCUT2D eigenvalue weighted by atomic mass is 9.86. The molecular weight excluding hydrogens is 314 g/mol. The summed E-state index contributed by atoms with van der Waals surface area (Å²) >= 11 is 3.45. The number of hydrogen-bond acceptors (Lipinski definition) is 1. The van der Waals surface area contributed by atoms with Crippen molar-refractivity contribution in [3.8, 4) is 0 Å². The van der Waals surface area contributed by atoms with Gasteiger partial charge in [-0.2, -0.15) is 0 Å². The molecule has 1 aliphatic carbocycles. The highest BCUT2D eigenvalue weighted by Crippen LogP contribution is 2.27. The molecule has 0 unspecified atom stereocenters. The molecule has 0 atom stereocenters. The van der Waals surface area contributed by atoms with E-state index in [0.29, 0.717) is 13.0 Å². The molecule has 0 bridgehead atoms. The van der Waals surface area contributed by atoms with Crippen LogP contribution in [0.1, 0.15) is 56.1 Å². The second-order valence-electron chi connectivity index (χ2n) is 5.77. The molecule has 1 aromatic rings. The molecule has 2 nitrogen and oxygen atoms in total. The SMILES string of the molecule is O=C(CCC1CCCCC1)NCc1cccc(CBr)c1. The van der Waals surface area contributed by atoms with E-state index in [2.05, 4.69) is 39.4 Å². The highest BCUT2D eigenvalue weighted by Gasteiger charge is 2.14. The Kier molecular flexibility index (Phi) is 6.58. The average molecular weight is 338 g/mol. The first kappa shape index (κ1) is 15.6. The number of rotatable bonds is 6. The van der Waals surface area contributed by atoms with Gasteiger partial charge in [0.25, 0.3) is 0 Å². The van der Waals surface area contributed by atoms with Crippen molar-refractivity contribution in [3.05, 3.63) is 35.4 Å². The largest absolute Gasteiger partial charge is 0.352 e. The summed E-state index contributed by atoms with van der Waals surface area (Å²) in [5, 5.41) is 3.89. The fraction of sp³-hybridized carbons (Fsp3) is 0.588. The number of halogens is 1. The van der Waals surface area contributed by atoms with E-state index in [4.69, 9.17) is 0 Å². The van der Waals surface area contributed by atoms with Crippen molar-refractivity contribution in [3.63, 3.8) is 0 Å². The Labute approximate surface area is 130 Å². The maximum absolute atomic E-state index is 11.9. The van der Waals surface area contributed by atoms with Gasteiger partial charge in [-0.15, -0.1) is 0 Å². The van der Waals surface area contributed by atoms with Gasteiger partial charge in [-0.25, -0.2) is 0 Å². The fourth-order valence-corrected chi connectivity index (χ4v) is 3.27. The molecule has 0 radical (unpaired) electrons. The Morgan fingerprint density at radius 2 is 1.95 bits per heavy atom. The van der Waals surface area contributed by atoms with E-state index in [1.165, 1.54) is 43.2 Å². The van der Waals surface area contributed by atoms with Crippen LogP contribution in [0.25, 0.3) is 0 Å². The van der Waals surface area contributed by atoms with Gasteiger partial charge in [-0.1, -0.05) is 72.3 Å². The first-order chi connectivity index (χ1) is 9.78. The maximum atomic E-state index is 11.9. The number of amides is 1. The average Bonchev–Trinajstić information content (AvgIpc) is 2.52. The Balaban J connectivity index is 1.68. The molecule has 1 aliphatic rings. The minimum Gasteiger partial charge on any atom is -0.352 e. The normalized spacial score (nSPS) is 16.1. The number of alkyl halides is 1. The number of carbonyl (C=O) groups excluding carboxylic acids is 1. The zero-order chi connectivity index (χ0) is 14.2. The summed E-state index contributed by atoms with van der Waals surface area (Å²) < 4.78 is 0. The third kappa shape index (κ3) is 5.28. The van der Waals surface area contributed by atoms with E-state index >= 15 is 0 Å². The van der Waals surface area contributed by atoms with E-state index < -0.39 is 0 Å². The minimum atomic E-state index is 0.194. The van der Waals surface area contributed by atoms with Gasteiger partial charge in [0, 0.05) is 18.3 Å². The van der Waals surface area contributed by atoms with Gasteiger partial charge < -0.3 is 5.32 Å². The van der Waals surface area contributed by atoms with E-state index in [1.54, 1.807) is 0 Å². The number of nitrogens with one attached hydrogen (secondary N) is 1. The first-order valence-corrected chi connectivity index (χ1v) is 8.80. The van der Waals surface area contributed by atoms with Gasteiger partial charge in [0.2, 0.25) is 5.91 Å². The topological polar surface area (TPSA) is 29.1 Å². The molecule has 2 rings (SSSR count). The van der Waals surface area contributed by atoms with Gasteiger partial charge >= 0.3 is 0 Å². The Morgan fingerprint density at radius 3 is 2.70 bits per heavy atom. The molecule has 1 fully saturated rings. The third-order valence-electron chi connectivity index (χ3n) is 4.14. The van der Waals surface area contributed by atoms with E-state index in [-0.39, 0.29) is 5.91 Å². The summed E-state index contributed by atoms with van der Waals surface area (Å²) in [6.07, 6.45) is 8.47. The summed E-state index contributed by atoms with van der Waals surface area (Å²) in [6.45, 7) is 0.643. The van der Waals surface area contributed by atoms with Crippen molar-refractivity contribution < 1.29 is 4.79 Å². The van der Waals surface area contributed by atoms with Crippen molar-refractivity contribution in [1.29, 1.82) is 0 Å². The lowest BCUT2D eigenvalue weighted by Crippen LogP contribution is -2.23. The van der Waals surface area contributed by atoms with Crippen LogP contribution < -0.4 is 5.32 Å². The molecule has 1 saturated carbocycles. The lowest BCUT2D eigenvalue weighted by Gasteiger charge is -2.21. The third-order valence-corrected chi connectivity index (χ3v) is 4.79. The van der Waals surface area contributed by atoms with Gasteiger partial charge in [0.05, 0.1) is 0 Å². The molecule has 0 heterocycles. The molecule has 0 aromatic heterocycles. The molecule has 110 valence electrons. The summed E-state index contributed by atoms with van der Waals surface area (Å²) in [4.78, 5) is 11.9. The van der Waals surface area contributed by atoms with Crippen LogP contribution in [-0.4, -0.2) is 5.91 Å². The van der Waals surface area contributed by atoms with Crippen molar-refractivity contribution in [2.24, 2.45) is 5.92 Å². The second-order valence-corrected chi connectivity index (χ2v) is 6.33. The standard InChI is InChI=1S/C17H24BrNO/c18-12-15-7-4-8-16(11-15)13-19-17(20)10-9-14-5-2-1-3-6-14/h4,7-8,11,14H,1-3,5-6,9-10,12-13H2,(H,19,20). The zero-order valence-electron chi connectivity index (χ0n) is 12.0. The van der Waals surface area contributed by atoms with Crippen LogP contribution in [0, 0.1) is 5.92 Å². The quantitative estimate of drug-likeness (QED) is 0.757. The monoisotopic (exact) mass is 337 g/mol. The van der Waals surface area contributed by atoms with Gasteiger partial charge in [-0.3, -0.25) is 4.79 Å². The van der Waals surface area contributed by atoms with E-state index in [1.807, 2.05) is 6.07 Å². The molecule has 1 amide bonds. The smallest absolute Gasteiger partial charge is 0.220 e. The second kappa shape index (κ2) is 8.46. The molecule has 0 spiro atoms. The molecule has 1 aromatic carbocycles. The van der Waals surface area contributed by atoms with Crippen LogP contribution in [0.15, 0.2) is 24.3 Å². The predicted octanol–water partition coefficient (Wildman–Crippen LogP) is 4.56. The number of benzene rings is 1. The van der Waals surface area contributed by atoms with Crippen LogP contribution >= 0.6 is 15.9 Å². The van der Waals surface area contributed by atoms with Gasteiger partial charge in [0.15, 0.2) is 0 Å². The molecule has 1 N–H and O–H groups in total. The molecule has 0 aliphatic heterocycles. The minimum absolute atomic E-state index is 0.194.